The topological polar surface area (TPSA) is 58.6 Å². The van der Waals surface area contributed by atoms with E-state index >= 15 is 0 Å². The van der Waals surface area contributed by atoms with Gasteiger partial charge in [-0.05, 0) is 39.7 Å². The van der Waals surface area contributed by atoms with E-state index in [2.05, 4.69) is 5.32 Å². The van der Waals surface area contributed by atoms with Crippen LogP contribution in [0.15, 0.2) is 0 Å². The maximum Gasteiger partial charge on any atom is 0.309 e. The SMILES string of the molecule is COC1CC(NCCC(C)(C)C(=O)O)C1. The summed E-state index contributed by atoms with van der Waals surface area (Å²) >= 11 is 0. The molecule has 1 rings (SSSR count). The number of ether oxygens (including phenoxy) is 1. The lowest BCUT2D eigenvalue weighted by Gasteiger charge is -2.35. The zero-order chi connectivity index (χ0) is 11.5. The highest BCUT2D eigenvalue weighted by molar-refractivity contribution is 5.73. The Morgan fingerprint density at radius 2 is 2.13 bits per heavy atom. The van der Waals surface area contributed by atoms with Crippen molar-refractivity contribution >= 4 is 5.97 Å². The second-order valence-electron chi connectivity index (χ2n) is 4.92. The molecule has 1 fully saturated rings. The van der Waals surface area contributed by atoms with Crippen molar-refractivity contribution in [3.8, 4) is 0 Å². The molecule has 4 nitrogen and oxygen atoms in total. The van der Waals surface area contributed by atoms with E-state index in [9.17, 15) is 4.79 Å². The van der Waals surface area contributed by atoms with Crippen LogP contribution in [0.1, 0.15) is 33.1 Å². The first-order chi connectivity index (χ1) is 6.95. The summed E-state index contributed by atoms with van der Waals surface area (Å²) in [5.41, 5.74) is -0.628. The van der Waals surface area contributed by atoms with Crippen molar-refractivity contribution in [3.05, 3.63) is 0 Å². The fourth-order valence-corrected chi connectivity index (χ4v) is 1.62. The molecule has 0 bridgehead atoms. The largest absolute Gasteiger partial charge is 0.481 e. The Labute approximate surface area is 91.0 Å². The van der Waals surface area contributed by atoms with Gasteiger partial charge < -0.3 is 15.2 Å². The lowest BCUT2D eigenvalue weighted by molar-refractivity contribution is -0.147. The molecule has 1 saturated carbocycles. The second kappa shape index (κ2) is 4.94. The molecule has 88 valence electrons. The number of carbonyl (C=O) groups is 1. The molecule has 0 saturated heterocycles. The third-order valence-electron chi connectivity index (χ3n) is 3.19. The highest BCUT2D eigenvalue weighted by Crippen LogP contribution is 2.24. The summed E-state index contributed by atoms with van der Waals surface area (Å²) in [5.74, 6) is -0.729. The van der Waals surface area contributed by atoms with Crippen molar-refractivity contribution in [1.82, 2.24) is 5.32 Å². The standard InChI is InChI=1S/C11H21NO3/c1-11(2,10(13)14)4-5-12-8-6-9(7-8)15-3/h8-9,12H,4-7H2,1-3H3,(H,13,14). The van der Waals surface area contributed by atoms with Crippen LogP contribution in [0.3, 0.4) is 0 Å². The summed E-state index contributed by atoms with van der Waals surface area (Å²) < 4.78 is 5.17. The van der Waals surface area contributed by atoms with Crippen molar-refractivity contribution in [3.63, 3.8) is 0 Å². The molecule has 1 aliphatic carbocycles. The fourth-order valence-electron chi connectivity index (χ4n) is 1.62. The lowest BCUT2D eigenvalue weighted by atomic mass is 9.87. The molecule has 4 heteroatoms. The zero-order valence-electron chi connectivity index (χ0n) is 9.75. The van der Waals surface area contributed by atoms with Gasteiger partial charge in [0.25, 0.3) is 0 Å². The molecule has 0 amide bonds. The molecule has 0 atom stereocenters. The normalized spacial score (nSPS) is 26.1. The monoisotopic (exact) mass is 215 g/mol. The molecule has 0 unspecified atom stereocenters. The summed E-state index contributed by atoms with van der Waals surface area (Å²) in [7, 11) is 1.73. The second-order valence-corrected chi connectivity index (χ2v) is 4.92. The Morgan fingerprint density at radius 3 is 2.60 bits per heavy atom. The molecule has 0 spiro atoms. The Kier molecular flexibility index (Phi) is 4.11. The minimum atomic E-state index is -0.729. The number of nitrogens with one attached hydrogen (secondary N) is 1. The van der Waals surface area contributed by atoms with Gasteiger partial charge in [-0.3, -0.25) is 4.79 Å². The Hall–Kier alpha value is -0.610. The smallest absolute Gasteiger partial charge is 0.309 e. The summed E-state index contributed by atoms with van der Waals surface area (Å²) in [5, 5.41) is 12.3. The van der Waals surface area contributed by atoms with Gasteiger partial charge >= 0.3 is 5.97 Å². The van der Waals surface area contributed by atoms with E-state index in [1.807, 2.05) is 0 Å². The molecule has 0 aromatic carbocycles. The highest BCUT2D eigenvalue weighted by Gasteiger charge is 2.30. The predicted molar refractivity (Wildman–Crippen MR) is 57.9 cm³/mol. The van der Waals surface area contributed by atoms with Gasteiger partial charge in [0.2, 0.25) is 0 Å². The first-order valence-corrected chi connectivity index (χ1v) is 5.45. The van der Waals surface area contributed by atoms with Crippen LogP contribution in [0.5, 0.6) is 0 Å². The third kappa shape index (κ3) is 3.47. The Morgan fingerprint density at radius 1 is 1.53 bits per heavy atom. The Bertz CT molecular complexity index is 222. The van der Waals surface area contributed by atoms with E-state index in [4.69, 9.17) is 9.84 Å². The fraction of sp³-hybridized carbons (Fsp3) is 0.909. The first kappa shape index (κ1) is 12.5. The molecule has 2 N–H and O–H groups in total. The van der Waals surface area contributed by atoms with Crippen LogP contribution < -0.4 is 5.32 Å². The van der Waals surface area contributed by atoms with Gasteiger partial charge in [0.05, 0.1) is 11.5 Å². The van der Waals surface area contributed by atoms with Gasteiger partial charge in [-0.15, -0.1) is 0 Å². The van der Waals surface area contributed by atoms with E-state index in [1.54, 1.807) is 21.0 Å². The molecule has 0 aliphatic heterocycles. The maximum absolute atomic E-state index is 10.8. The molecule has 0 aromatic heterocycles. The van der Waals surface area contributed by atoms with E-state index in [0.29, 0.717) is 18.6 Å². The summed E-state index contributed by atoms with van der Waals surface area (Å²) in [4.78, 5) is 10.8. The summed E-state index contributed by atoms with van der Waals surface area (Å²) in [6.07, 6.45) is 3.15. The van der Waals surface area contributed by atoms with Crippen molar-refractivity contribution < 1.29 is 14.6 Å². The molecule has 0 radical (unpaired) electrons. The van der Waals surface area contributed by atoms with Crippen molar-refractivity contribution in [2.45, 2.75) is 45.3 Å². The number of hydrogen-bond acceptors (Lipinski definition) is 3. The number of methoxy groups -OCH3 is 1. The molecule has 0 heterocycles. The van der Waals surface area contributed by atoms with Crippen LogP contribution in [0.2, 0.25) is 0 Å². The van der Waals surface area contributed by atoms with Crippen LogP contribution in [-0.2, 0) is 9.53 Å². The minimum Gasteiger partial charge on any atom is -0.481 e. The van der Waals surface area contributed by atoms with Gasteiger partial charge in [0.15, 0.2) is 0 Å². The van der Waals surface area contributed by atoms with Gasteiger partial charge in [0.1, 0.15) is 0 Å². The number of hydrogen-bond donors (Lipinski definition) is 2. The zero-order valence-corrected chi connectivity index (χ0v) is 9.75. The highest BCUT2D eigenvalue weighted by atomic mass is 16.5. The van der Waals surface area contributed by atoms with E-state index in [1.165, 1.54) is 0 Å². The average Bonchev–Trinajstić information content (AvgIpc) is 2.08. The van der Waals surface area contributed by atoms with Crippen LogP contribution in [0, 0.1) is 5.41 Å². The van der Waals surface area contributed by atoms with Crippen LogP contribution >= 0.6 is 0 Å². The maximum atomic E-state index is 10.8. The molecule has 0 aromatic rings. The van der Waals surface area contributed by atoms with Crippen molar-refractivity contribution in [2.24, 2.45) is 5.41 Å². The Balaban J connectivity index is 2.10. The van der Waals surface area contributed by atoms with Crippen LogP contribution in [-0.4, -0.2) is 36.9 Å². The van der Waals surface area contributed by atoms with Gasteiger partial charge in [-0.1, -0.05) is 0 Å². The van der Waals surface area contributed by atoms with E-state index < -0.39 is 11.4 Å². The first-order valence-electron chi connectivity index (χ1n) is 5.45. The molecular formula is C11H21NO3. The van der Waals surface area contributed by atoms with Crippen LogP contribution in [0.25, 0.3) is 0 Å². The quantitative estimate of drug-likeness (QED) is 0.700. The van der Waals surface area contributed by atoms with Gasteiger partial charge in [-0.2, -0.15) is 0 Å². The van der Waals surface area contributed by atoms with Gasteiger partial charge in [0, 0.05) is 13.2 Å². The third-order valence-corrected chi connectivity index (χ3v) is 3.19. The lowest BCUT2D eigenvalue weighted by Crippen LogP contribution is -2.46. The summed E-state index contributed by atoms with van der Waals surface area (Å²) in [6, 6.07) is 0.513. The number of carboxylic acids is 1. The van der Waals surface area contributed by atoms with Crippen molar-refractivity contribution in [1.29, 1.82) is 0 Å². The van der Waals surface area contributed by atoms with E-state index in [-0.39, 0.29) is 0 Å². The predicted octanol–water partition coefficient (Wildman–Crippen LogP) is 1.25. The molecule has 1 aliphatic rings. The number of carboxylic acid groups (broad SMARTS) is 1. The van der Waals surface area contributed by atoms with Crippen molar-refractivity contribution in [2.75, 3.05) is 13.7 Å². The summed E-state index contributed by atoms with van der Waals surface area (Å²) in [6.45, 7) is 4.28. The number of aliphatic carboxylic acids is 1. The number of rotatable bonds is 6. The minimum absolute atomic E-state index is 0.398. The van der Waals surface area contributed by atoms with Gasteiger partial charge in [-0.25, -0.2) is 0 Å². The van der Waals surface area contributed by atoms with Crippen LogP contribution in [0.4, 0.5) is 0 Å². The average molecular weight is 215 g/mol. The van der Waals surface area contributed by atoms with E-state index in [0.717, 1.165) is 19.4 Å². The molecule has 15 heavy (non-hydrogen) atoms. The molecular weight excluding hydrogens is 194 g/mol.